The Labute approximate surface area is 120 Å². The molecule has 1 heterocycles. The lowest BCUT2D eigenvalue weighted by molar-refractivity contribution is -0.155. The molecule has 3 unspecified atom stereocenters. The number of hydrogen-bond donors (Lipinski definition) is 1. The minimum absolute atomic E-state index is 0.0615. The van der Waals surface area contributed by atoms with E-state index in [-0.39, 0.29) is 23.8 Å². The molecule has 2 amide bonds. The molecule has 2 rings (SSSR count). The smallest absolute Gasteiger partial charge is 0.253 e. The lowest BCUT2D eigenvalue weighted by atomic mass is 9.84. The number of piperazine rings is 1. The molecule has 0 radical (unpaired) electrons. The van der Waals surface area contributed by atoms with Crippen LogP contribution in [-0.2, 0) is 15.1 Å². The maximum absolute atomic E-state index is 12.7. The van der Waals surface area contributed by atoms with Crippen LogP contribution in [0.1, 0.15) is 32.8 Å². The summed E-state index contributed by atoms with van der Waals surface area (Å²) in [5.41, 5.74) is -0.162. The number of likely N-dealkylation sites (N-methyl/N-ethyl adjacent to an activating group) is 1. The Bertz CT molecular complexity index is 514. The molecule has 1 aromatic carbocycles. The molecule has 108 valence electrons. The molecule has 1 fully saturated rings. The molecule has 4 heteroatoms. The van der Waals surface area contributed by atoms with E-state index in [1.165, 1.54) is 0 Å². The van der Waals surface area contributed by atoms with Gasteiger partial charge in [0, 0.05) is 7.05 Å². The van der Waals surface area contributed by atoms with E-state index in [1.807, 2.05) is 44.2 Å². The standard InChI is InChI=1S/C16H22N2O2/c1-5-11(2)13-14(19)17-16(3,15(20)18(13)4)12-9-7-6-8-10-12/h6-11,13H,5H2,1-4H3,(H,17,19). The van der Waals surface area contributed by atoms with Gasteiger partial charge in [0.25, 0.3) is 5.91 Å². The van der Waals surface area contributed by atoms with Crippen molar-refractivity contribution in [2.75, 3.05) is 7.05 Å². The SMILES string of the molecule is CCC(C)C1C(=O)NC(C)(c2ccccc2)C(=O)N1C. The van der Waals surface area contributed by atoms with Gasteiger partial charge in [-0.05, 0) is 18.4 Å². The van der Waals surface area contributed by atoms with Gasteiger partial charge in [-0.3, -0.25) is 9.59 Å². The quantitative estimate of drug-likeness (QED) is 0.915. The van der Waals surface area contributed by atoms with Crippen LogP contribution in [0.5, 0.6) is 0 Å². The monoisotopic (exact) mass is 274 g/mol. The maximum atomic E-state index is 12.7. The summed E-state index contributed by atoms with van der Waals surface area (Å²) in [6.45, 7) is 5.80. The number of nitrogens with one attached hydrogen (secondary N) is 1. The summed E-state index contributed by atoms with van der Waals surface area (Å²) in [7, 11) is 1.72. The Morgan fingerprint density at radius 3 is 2.45 bits per heavy atom. The largest absolute Gasteiger partial charge is 0.336 e. The molecule has 1 aromatic rings. The summed E-state index contributed by atoms with van der Waals surface area (Å²) < 4.78 is 0. The Kier molecular flexibility index (Phi) is 3.84. The third kappa shape index (κ3) is 2.19. The van der Waals surface area contributed by atoms with Crippen molar-refractivity contribution in [1.82, 2.24) is 10.2 Å². The highest BCUT2D eigenvalue weighted by molar-refractivity contribution is 6.00. The van der Waals surface area contributed by atoms with Crippen LogP contribution in [0.15, 0.2) is 30.3 Å². The van der Waals surface area contributed by atoms with Crippen molar-refractivity contribution >= 4 is 11.8 Å². The first-order valence-electron chi connectivity index (χ1n) is 7.06. The van der Waals surface area contributed by atoms with Crippen LogP contribution in [0.3, 0.4) is 0 Å². The van der Waals surface area contributed by atoms with Gasteiger partial charge in [0.1, 0.15) is 11.6 Å². The van der Waals surface area contributed by atoms with Crippen molar-refractivity contribution in [1.29, 1.82) is 0 Å². The second-order valence-corrected chi connectivity index (χ2v) is 5.73. The summed E-state index contributed by atoms with van der Waals surface area (Å²) in [6, 6.07) is 9.00. The number of hydrogen-bond acceptors (Lipinski definition) is 2. The Morgan fingerprint density at radius 1 is 1.30 bits per heavy atom. The zero-order valence-electron chi connectivity index (χ0n) is 12.5. The number of carbonyl (C=O) groups is 2. The number of amides is 2. The van der Waals surface area contributed by atoms with Crippen LogP contribution in [0.2, 0.25) is 0 Å². The van der Waals surface area contributed by atoms with Crippen LogP contribution in [0.4, 0.5) is 0 Å². The van der Waals surface area contributed by atoms with Crippen LogP contribution in [0, 0.1) is 5.92 Å². The van der Waals surface area contributed by atoms with E-state index >= 15 is 0 Å². The zero-order valence-corrected chi connectivity index (χ0v) is 12.5. The van der Waals surface area contributed by atoms with Gasteiger partial charge in [-0.1, -0.05) is 50.6 Å². The predicted molar refractivity (Wildman–Crippen MR) is 77.9 cm³/mol. The first kappa shape index (κ1) is 14.6. The van der Waals surface area contributed by atoms with E-state index in [0.29, 0.717) is 0 Å². The molecule has 3 atom stereocenters. The van der Waals surface area contributed by atoms with Crippen LogP contribution in [0.25, 0.3) is 0 Å². The molecular weight excluding hydrogens is 252 g/mol. The molecule has 20 heavy (non-hydrogen) atoms. The van der Waals surface area contributed by atoms with E-state index in [1.54, 1.807) is 18.9 Å². The van der Waals surface area contributed by atoms with Crippen LogP contribution >= 0.6 is 0 Å². The van der Waals surface area contributed by atoms with Crippen molar-refractivity contribution in [3.63, 3.8) is 0 Å². The maximum Gasteiger partial charge on any atom is 0.253 e. The molecule has 1 aliphatic rings. The highest BCUT2D eigenvalue weighted by Crippen LogP contribution is 2.30. The highest BCUT2D eigenvalue weighted by atomic mass is 16.2. The average molecular weight is 274 g/mol. The molecule has 0 aromatic heterocycles. The third-order valence-corrected chi connectivity index (χ3v) is 4.34. The number of rotatable bonds is 3. The van der Waals surface area contributed by atoms with Crippen molar-refractivity contribution in [3.8, 4) is 0 Å². The molecular formula is C16H22N2O2. The van der Waals surface area contributed by atoms with E-state index < -0.39 is 5.54 Å². The molecule has 4 nitrogen and oxygen atoms in total. The second-order valence-electron chi connectivity index (χ2n) is 5.73. The fraction of sp³-hybridized carbons (Fsp3) is 0.500. The van der Waals surface area contributed by atoms with Crippen LogP contribution < -0.4 is 5.32 Å². The van der Waals surface area contributed by atoms with Crippen molar-refractivity contribution in [2.45, 2.75) is 38.8 Å². The minimum Gasteiger partial charge on any atom is -0.336 e. The van der Waals surface area contributed by atoms with Gasteiger partial charge in [-0.2, -0.15) is 0 Å². The summed E-state index contributed by atoms with van der Waals surface area (Å²) in [6.07, 6.45) is 0.859. The lowest BCUT2D eigenvalue weighted by Crippen LogP contribution is -2.67. The molecule has 0 aliphatic carbocycles. The Balaban J connectivity index is 2.38. The van der Waals surface area contributed by atoms with Gasteiger partial charge < -0.3 is 10.2 Å². The first-order chi connectivity index (χ1) is 9.41. The summed E-state index contributed by atoms with van der Waals surface area (Å²) in [5, 5.41) is 2.92. The lowest BCUT2D eigenvalue weighted by Gasteiger charge is -2.44. The number of carbonyl (C=O) groups excluding carboxylic acids is 2. The van der Waals surface area contributed by atoms with Crippen molar-refractivity contribution < 1.29 is 9.59 Å². The minimum atomic E-state index is -0.975. The average Bonchev–Trinajstić information content (AvgIpc) is 2.45. The Hall–Kier alpha value is -1.84. The fourth-order valence-corrected chi connectivity index (χ4v) is 2.86. The van der Waals surface area contributed by atoms with Gasteiger partial charge in [0.15, 0.2) is 0 Å². The van der Waals surface area contributed by atoms with Gasteiger partial charge in [0.05, 0.1) is 0 Å². The molecule has 0 spiro atoms. The fourth-order valence-electron chi connectivity index (χ4n) is 2.86. The Morgan fingerprint density at radius 2 is 1.90 bits per heavy atom. The van der Waals surface area contributed by atoms with Crippen molar-refractivity contribution in [3.05, 3.63) is 35.9 Å². The van der Waals surface area contributed by atoms with Crippen LogP contribution in [-0.4, -0.2) is 29.8 Å². The number of benzene rings is 1. The molecule has 1 aliphatic heterocycles. The van der Waals surface area contributed by atoms with E-state index in [0.717, 1.165) is 12.0 Å². The van der Waals surface area contributed by atoms with Gasteiger partial charge in [-0.25, -0.2) is 0 Å². The van der Waals surface area contributed by atoms with E-state index in [4.69, 9.17) is 0 Å². The third-order valence-electron chi connectivity index (χ3n) is 4.34. The van der Waals surface area contributed by atoms with Crippen molar-refractivity contribution in [2.24, 2.45) is 5.92 Å². The van der Waals surface area contributed by atoms with Gasteiger partial charge in [-0.15, -0.1) is 0 Å². The molecule has 0 saturated carbocycles. The predicted octanol–water partition coefficient (Wildman–Crippen LogP) is 1.90. The molecule has 1 saturated heterocycles. The molecule has 0 bridgehead atoms. The summed E-state index contributed by atoms with van der Waals surface area (Å²) in [5.74, 6) is 0.00526. The zero-order chi connectivity index (χ0) is 14.9. The molecule has 1 N–H and O–H groups in total. The summed E-state index contributed by atoms with van der Waals surface area (Å²) >= 11 is 0. The second kappa shape index (κ2) is 5.27. The normalized spacial score (nSPS) is 28.2. The first-order valence-corrected chi connectivity index (χ1v) is 7.06. The highest BCUT2D eigenvalue weighted by Gasteiger charge is 2.48. The van der Waals surface area contributed by atoms with Gasteiger partial charge >= 0.3 is 0 Å². The topological polar surface area (TPSA) is 49.4 Å². The van der Waals surface area contributed by atoms with E-state index in [9.17, 15) is 9.59 Å². The summed E-state index contributed by atoms with van der Waals surface area (Å²) in [4.78, 5) is 26.8. The number of nitrogens with zero attached hydrogens (tertiary/aromatic N) is 1. The van der Waals surface area contributed by atoms with E-state index in [2.05, 4.69) is 5.32 Å². The van der Waals surface area contributed by atoms with Gasteiger partial charge in [0.2, 0.25) is 5.91 Å².